The Kier molecular flexibility index (Phi) is 5.44. The minimum atomic E-state index is -0.440. The summed E-state index contributed by atoms with van der Waals surface area (Å²) in [5, 5.41) is 12.9. The van der Waals surface area contributed by atoms with E-state index in [0.717, 1.165) is 22.5 Å². The highest BCUT2D eigenvalue weighted by molar-refractivity contribution is 6.30. The topological polar surface area (TPSA) is 57.8 Å². The molecule has 3 aromatic rings. The predicted octanol–water partition coefficient (Wildman–Crippen LogP) is 5.29. The van der Waals surface area contributed by atoms with Crippen LogP contribution in [0.4, 0.5) is 5.69 Å². The molecule has 2 aromatic carbocycles. The van der Waals surface area contributed by atoms with Crippen LogP contribution in [0.2, 0.25) is 5.02 Å². The van der Waals surface area contributed by atoms with Crippen LogP contribution in [0.3, 0.4) is 0 Å². The molecule has 0 radical (unpaired) electrons. The van der Waals surface area contributed by atoms with Gasteiger partial charge in [-0.1, -0.05) is 17.7 Å². The Morgan fingerprint density at radius 1 is 1.11 bits per heavy atom. The summed E-state index contributed by atoms with van der Waals surface area (Å²) < 4.78 is 1.89. The first-order valence-corrected chi connectivity index (χ1v) is 8.79. The molecule has 0 atom stereocenters. The van der Waals surface area contributed by atoms with Crippen LogP contribution in [0.15, 0.2) is 66.4 Å². The number of hydrogen-bond acceptors (Lipinski definition) is 2. The van der Waals surface area contributed by atoms with Crippen LogP contribution in [0, 0.1) is 25.2 Å². The molecule has 1 amide bonds. The monoisotopic (exact) mass is 375 g/mol. The van der Waals surface area contributed by atoms with Crippen molar-refractivity contribution in [2.24, 2.45) is 0 Å². The number of amides is 1. The van der Waals surface area contributed by atoms with E-state index in [0.29, 0.717) is 10.7 Å². The van der Waals surface area contributed by atoms with Crippen molar-refractivity contribution in [3.8, 4) is 11.8 Å². The van der Waals surface area contributed by atoms with Gasteiger partial charge in [-0.05, 0) is 79.6 Å². The van der Waals surface area contributed by atoms with E-state index in [1.54, 1.807) is 18.2 Å². The van der Waals surface area contributed by atoms with Crippen LogP contribution in [0.25, 0.3) is 11.8 Å². The van der Waals surface area contributed by atoms with Gasteiger partial charge in [-0.3, -0.25) is 4.79 Å². The second-order valence-electron chi connectivity index (χ2n) is 6.20. The van der Waals surface area contributed by atoms with Gasteiger partial charge < -0.3 is 9.88 Å². The number of benzene rings is 2. The van der Waals surface area contributed by atoms with Crippen LogP contribution in [0.5, 0.6) is 0 Å². The third kappa shape index (κ3) is 4.28. The smallest absolute Gasteiger partial charge is 0.266 e. The standard InChI is InChI=1S/C22H18ClN3O/c1-15-5-8-19(12-16(15)2)25-22(27)17(14-24)13-21-4-3-11-26(21)20-9-6-18(23)7-10-20/h3-13H,1-2H3,(H,25,27)/b17-13-. The van der Waals surface area contributed by atoms with Gasteiger partial charge in [0.1, 0.15) is 11.6 Å². The van der Waals surface area contributed by atoms with Crippen molar-refractivity contribution in [1.29, 1.82) is 5.26 Å². The van der Waals surface area contributed by atoms with Crippen molar-refractivity contribution in [1.82, 2.24) is 4.57 Å². The second kappa shape index (κ2) is 7.94. The lowest BCUT2D eigenvalue weighted by Crippen LogP contribution is -2.14. The fourth-order valence-corrected chi connectivity index (χ4v) is 2.79. The number of anilines is 1. The molecule has 1 heterocycles. The quantitative estimate of drug-likeness (QED) is 0.497. The van der Waals surface area contributed by atoms with E-state index in [2.05, 4.69) is 5.32 Å². The van der Waals surface area contributed by atoms with Crippen LogP contribution in [-0.4, -0.2) is 10.5 Å². The maximum absolute atomic E-state index is 12.5. The van der Waals surface area contributed by atoms with Gasteiger partial charge in [-0.15, -0.1) is 0 Å². The third-order valence-corrected chi connectivity index (χ3v) is 4.56. The molecule has 0 aliphatic heterocycles. The van der Waals surface area contributed by atoms with Gasteiger partial charge in [0.05, 0.1) is 0 Å². The number of aryl methyl sites for hydroxylation is 2. The van der Waals surface area contributed by atoms with E-state index < -0.39 is 5.91 Å². The molecule has 0 spiro atoms. The fraction of sp³-hybridized carbons (Fsp3) is 0.0909. The van der Waals surface area contributed by atoms with E-state index in [-0.39, 0.29) is 5.57 Å². The number of carbonyl (C=O) groups excluding carboxylic acids is 1. The predicted molar refractivity (Wildman–Crippen MR) is 109 cm³/mol. The fourth-order valence-electron chi connectivity index (χ4n) is 2.66. The highest BCUT2D eigenvalue weighted by Gasteiger charge is 2.12. The molecular formula is C22H18ClN3O. The van der Waals surface area contributed by atoms with Gasteiger partial charge in [-0.2, -0.15) is 5.26 Å². The van der Waals surface area contributed by atoms with E-state index in [9.17, 15) is 10.1 Å². The van der Waals surface area contributed by atoms with Gasteiger partial charge in [0.15, 0.2) is 0 Å². The van der Waals surface area contributed by atoms with E-state index in [4.69, 9.17) is 11.6 Å². The summed E-state index contributed by atoms with van der Waals surface area (Å²) in [6.07, 6.45) is 3.44. The average molecular weight is 376 g/mol. The summed E-state index contributed by atoms with van der Waals surface area (Å²) in [6.45, 7) is 3.98. The zero-order valence-corrected chi connectivity index (χ0v) is 15.8. The highest BCUT2D eigenvalue weighted by atomic mass is 35.5. The Labute approximate surface area is 163 Å². The molecule has 1 N–H and O–H groups in total. The normalized spacial score (nSPS) is 11.1. The number of carbonyl (C=O) groups is 1. The van der Waals surface area contributed by atoms with Crippen molar-refractivity contribution >= 4 is 29.3 Å². The van der Waals surface area contributed by atoms with Crippen molar-refractivity contribution in [3.05, 3.63) is 88.2 Å². The summed E-state index contributed by atoms with van der Waals surface area (Å²) in [4.78, 5) is 12.5. The lowest BCUT2D eigenvalue weighted by molar-refractivity contribution is -0.112. The molecule has 134 valence electrons. The van der Waals surface area contributed by atoms with Gasteiger partial charge in [0.2, 0.25) is 0 Å². The van der Waals surface area contributed by atoms with Gasteiger partial charge in [0.25, 0.3) is 5.91 Å². The summed E-state index contributed by atoms with van der Waals surface area (Å²) in [5.74, 6) is -0.440. The zero-order chi connectivity index (χ0) is 19.4. The molecule has 0 aliphatic rings. The Morgan fingerprint density at radius 3 is 2.52 bits per heavy atom. The molecule has 5 heteroatoms. The number of nitrogens with zero attached hydrogens (tertiary/aromatic N) is 2. The van der Waals surface area contributed by atoms with Crippen LogP contribution < -0.4 is 5.32 Å². The zero-order valence-electron chi connectivity index (χ0n) is 15.0. The van der Waals surface area contributed by atoms with Crippen LogP contribution in [0.1, 0.15) is 16.8 Å². The summed E-state index contributed by atoms with van der Waals surface area (Å²) >= 11 is 5.94. The SMILES string of the molecule is Cc1ccc(NC(=O)/C(C#N)=C\c2cccn2-c2ccc(Cl)cc2)cc1C. The summed E-state index contributed by atoms with van der Waals surface area (Å²) in [6, 6.07) is 18.7. The Bertz CT molecular complexity index is 1060. The first-order chi connectivity index (χ1) is 13.0. The third-order valence-electron chi connectivity index (χ3n) is 4.31. The van der Waals surface area contributed by atoms with Crippen molar-refractivity contribution in [3.63, 3.8) is 0 Å². The van der Waals surface area contributed by atoms with E-state index in [1.807, 2.05) is 73.1 Å². The van der Waals surface area contributed by atoms with Gasteiger partial charge >= 0.3 is 0 Å². The van der Waals surface area contributed by atoms with Crippen LogP contribution in [-0.2, 0) is 4.79 Å². The number of halogens is 1. The summed E-state index contributed by atoms with van der Waals surface area (Å²) in [5.41, 5.74) is 4.53. The second-order valence-corrected chi connectivity index (χ2v) is 6.64. The lowest BCUT2D eigenvalue weighted by Gasteiger charge is -2.09. The first-order valence-electron chi connectivity index (χ1n) is 8.41. The molecule has 0 unspecified atom stereocenters. The maximum Gasteiger partial charge on any atom is 0.266 e. The number of hydrogen-bond donors (Lipinski definition) is 1. The molecule has 0 aliphatic carbocycles. The van der Waals surface area contributed by atoms with Gasteiger partial charge in [0, 0.05) is 28.3 Å². The first kappa shape index (κ1) is 18.5. The number of aromatic nitrogens is 1. The molecule has 0 fully saturated rings. The molecule has 27 heavy (non-hydrogen) atoms. The highest BCUT2D eigenvalue weighted by Crippen LogP contribution is 2.19. The van der Waals surface area contributed by atoms with Gasteiger partial charge in [-0.25, -0.2) is 0 Å². The molecule has 0 saturated carbocycles. The number of rotatable bonds is 4. The molecule has 3 rings (SSSR count). The number of nitriles is 1. The van der Waals surface area contributed by atoms with E-state index in [1.165, 1.54) is 0 Å². The Hall–Kier alpha value is -3.29. The molecular weight excluding hydrogens is 358 g/mol. The Morgan fingerprint density at radius 2 is 1.85 bits per heavy atom. The molecule has 0 saturated heterocycles. The van der Waals surface area contributed by atoms with E-state index >= 15 is 0 Å². The average Bonchev–Trinajstić information content (AvgIpc) is 3.11. The molecule has 0 bridgehead atoms. The molecule has 4 nitrogen and oxygen atoms in total. The Balaban J connectivity index is 1.87. The van der Waals surface area contributed by atoms with Crippen molar-refractivity contribution in [2.75, 3.05) is 5.32 Å². The van der Waals surface area contributed by atoms with Crippen molar-refractivity contribution < 1.29 is 4.79 Å². The molecule has 1 aromatic heterocycles. The van der Waals surface area contributed by atoms with Crippen molar-refractivity contribution in [2.45, 2.75) is 13.8 Å². The summed E-state index contributed by atoms with van der Waals surface area (Å²) in [7, 11) is 0. The van der Waals surface area contributed by atoms with Crippen LogP contribution >= 0.6 is 11.6 Å². The lowest BCUT2D eigenvalue weighted by atomic mass is 10.1. The largest absolute Gasteiger partial charge is 0.321 e. The minimum absolute atomic E-state index is 0.0298. The number of nitrogens with one attached hydrogen (secondary N) is 1. The maximum atomic E-state index is 12.5. The minimum Gasteiger partial charge on any atom is -0.321 e.